The van der Waals surface area contributed by atoms with E-state index in [0.29, 0.717) is 26.3 Å². The second-order valence-corrected chi connectivity index (χ2v) is 4.37. The predicted octanol–water partition coefficient (Wildman–Crippen LogP) is 1.58. The molecule has 1 atom stereocenters. The number of benzene rings is 1. The molecule has 0 aromatic heterocycles. The third-order valence-corrected chi connectivity index (χ3v) is 2.97. The maximum Gasteiger partial charge on any atom is 0.191 e. The van der Waals surface area contributed by atoms with Crippen LogP contribution in [0.15, 0.2) is 35.3 Å². The Kier molecular flexibility index (Phi) is 12.3. The van der Waals surface area contributed by atoms with Crippen molar-refractivity contribution in [2.24, 2.45) is 4.99 Å². The molecule has 6 heteroatoms. The number of halogens is 1. The molecule has 1 aromatic rings. The molecule has 1 unspecified atom stereocenters. The number of nitrogens with zero attached hydrogens (tertiary/aromatic N) is 1. The average Bonchev–Trinajstić information content (AvgIpc) is 2.51. The Morgan fingerprint density at radius 1 is 1.29 bits per heavy atom. The van der Waals surface area contributed by atoms with E-state index in [4.69, 9.17) is 4.74 Å². The van der Waals surface area contributed by atoms with Crippen LogP contribution in [0.4, 0.5) is 0 Å². The van der Waals surface area contributed by atoms with Gasteiger partial charge < -0.3 is 20.5 Å². The van der Waals surface area contributed by atoms with E-state index in [9.17, 15) is 5.11 Å². The van der Waals surface area contributed by atoms with Gasteiger partial charge in [0.2, 0.25) is 0 Å². The zero-order chi connectivity index (χ0) is 14.6. The van der Waals surface area contributed by atoms with Crippen LogP contribution in [0, 0.1) is 0 Å². The number of aliphatic imine (C=N–C) groups is 1. The Hall–Kier alpha value is -0.860. The molecule has 0 saturated heterocycles. The monoisotopic (exact) mass is 407 g/mol. The van der Waals surface area contributed by atoms with Crippen LogP contribution in [-0.2, 0) is 4.74 Å². The van der Waals surface area contributed by atoms with Gasteiger partial charge in [-0.2, -0.15) is 0 Å². The second-order valence-electron chi connectivity index (χ2n) is 4.37. The minimum atomic E-state index is 0. The van der Waals surface area contributed by atoms with Gasteiger partial charge in [-0.3, -0.25) is 4.99 Å². The predicted molar refractivity (Wildman–Crippen MR) is 97.5 cm³/mol. The van der Waals surface area contributed by atoms with Crippen LogP contribution in [-0.4, -0.2) is 51.0 Å². The molecule has 0 bridgehead atoms. The van der Waals surface area contributed by atoms with E-state index in [2.05, 4.69) is 15.6 Å². The van der Waals surface area contributed by atoms with Crippen molar-refractivity contribution in [2.45, 2.75) is 12.8 Å². The molecule has 0 saturated carbocycles. The van der Waals surface area contributed by atoms with E-state index in [0.717, 1.165) is 11.5 Å². The van der Waals surface area contributed by atoms with Crippen molar-refractivity contribution >= 4 is 29.9 Å². The van der Waals surface area contributed by atoms with Crippen molar-refractivity contribution in [3.05, 3.63) is 35.9 Å². The van der Waals surface area contributed by atoms with Gasteiger partial charge in [-0.05, 0) is 12.5 Å². The zero-order valence-electron chi connectivity index (χ0n) is 12.7. The highest BCUT2D eigenvalue weighted by Crippen LogP contribution is 2.13. The molecule has 1 rings (SSSR count). The number of rotatable bonds is 8. The summed E-state index contributed by atoms with van der Waals surface area (Å²) in [6.07, 6.45) is 0. The molecule has 0 radical (unpaired) electrons. The fourth-order valence-corrected chi connectivity index (χ4v) is 1.84. The molecule has 0 aliphatic heterocycles. The molecule has 3 N–H and O–H groups in total. The quantitative estimate of drug-likeness (QED) is 0.265. The molecule has 0 aliphatic rings. The summed E-state index contributed by atoms with van der Waals surface area (Å²) in [5.74, 6) is 0.778. The fraction of sp³-hybridized carbons (Fsp3) is 0.533. The van der Waals surface area contributed by atoms with Gasteiger partial charge in [0, 0.05) is 32.7 Å². The van der Waals surface area contributed by atoms with E-state index in [1.807, 2.05) is 37.3 Å². The molecule has 0 spiro atoms. The molecule has 0 heterocycles. The Labute approximate surface area is 144 Å². The molecule has 0 amide bonds. The topological polar surface area (TPSA) is 65.9 Å². The normalized spacial score (nSPS) is 12.4. The number of aliphatic hydroxyl groups excluding tert-OH is 1. The number of hydrogen-bond donors (Lipinski definition) is 3. The summed E-state index contributed by atoms with van der Waals surface area (Å²) in [4.78, 5) is 4.14. The Morgan fingerprint density at radius 2 is 2.00 bits per heavy atom. The number of guanidine groups is 1. The molecule has 120 valence electrons. The molecule has 0 fully saturated rings. The number of ether oxygens (including phenoxy) is 1. The van der Waals surface area contributed by atoms with E-state index >= 15 is 0 Å². The largest absolute Gasteiger partial charge is 0.396 e. The lowest BCUT2D eigenvalue weighted by molar-refractivity contribution is 0.152. The Balaban J connectivity index is 0.00000400. The van der Waals surface area contributed by atoms with Crippen LogP contribution in [0.1, 0.15) is 18.4 Å². The van der Waals surface area contributed by atoms with Crippen molar-refractivity contribution in [1.29, 1.82) is 0 Å². The summed E-state index contributed by atoms with van der Waals surface area (Å²) >= 11 is 0. The van der Waals surface area contributed by atoms with E-state index < -0.39 is 0 Å². The average molecular weight is 407 g/mol. The third-order valence-electron chi connectivity index (χ3n) is 2.97. The van der Waals surface area contributed by atoms with Gasteiger partial charge in [0.25, 0.3) is 0 Å². The number of aliphatic hydroxyl groups is 1. The summed E-state index contributed by atoms with van der Waals surface area (Å²) in [6, 6.07) is 9.97. The summed E-state index contributed by atoms with van der Waals surface area (Å²) in [6.45, 7) is 4.79. The lowest BCUT2D eigenvalue weighted by atomic mass is 10.0. The fourth-order valence-electron chi connectivity index (χ4n) is 1.84. The highest BCUT2D eigenvalue weighted by Gasteiger charge is 2.10. The van der Waals surface area contributed by atoms with Crippen LogP contribution in [0.25, 0.3) is 0 Å². The Bertz CT molecular complexity index is 388. The molecular weight excluding hydrogens is 381 g/mol. The van der Waals surface area contributed by atoms with Crippen molar-refractivity contribution in [3.63, 3.8) is 0 Å². The first kappa shape index (κ1) is 20.1. The van der Waals surface area contributed by atoms with Gasteiger partial charge in [-0.1, -0.05) is 30.3 Å². The van der Waals surface area contributed by atoms with Crippen LogP contribution < -0.4 is 10.6 Å². The third kappa shape index (κ3) is 8.23. The van der Waals surface area contributed by atoms with Gasteiger partial charge in [-0.15, -0.1) is 24.0 Å². The highest BCUT2D eigenvalue weighted by molar-refractivity contribution is 14.0. The molecule has 0 aliphatic carbocycles. The van der Waals surface area contributed by atoms with Crippen molar-refractivity contribution in [1.82, 2.24) is 10.6 Å². The number of nitrogens with one attached hydrogen (secondary N) is 2. The first-order chi connectivity index (χ1) is 9.81. The smallest absolute Gasteiger partial charge is 0.191 e. The van der Waals surface area contributed by atoms with E-state index in [-0.39, 0.29) is 36.5 Å². The molecule has 1 aromatic carbocycles. The summed E-state index contributed by atoms with van der Waals surface area (Å²) in [5.41, 5.74) is 1.12. The zero-order valence-corrected chi connectivity index (χ0v) is 15.0. The number of hydrogen-bond acceptors (Lipinski definition) is 3. The van der Waals surface area contributed by atoms with Crippen LogP contribution in [0.5, 0.6) is 0 Å². The first-order valence-electron chi connectivity index (χ1n) is 6.99. The van der Waals surface area contributed by atoms with Crippen LogP contribution in [0.3, 0.4) is 0 Å². The minimum Gasteiger partial charge on any atom is -0.396 e. The summed E-state index contributed by atoms with van der Waals surface area (Å²) < 4.78 is 5.26. The molecule has 5 nitrogen and oxygen atoms in total. The van der Waals surface area contributed by atoms with Gasteiger partial charge in [0.05, 0.1) is 13.2 Å². The van der Waals surface area contributed by atoms with Crippen LogP contribution >= 0.6 is 24.0 Å². The lowest BCUT2D eigenvalue weighted by Gasteiger charge is -2.18. The van der Waals surface area contributed by atoms with E-state index in [1.54, 1.807) is 7.05 Å². The maximum atomic E-state index is 9.49. The Morgan fingerprint density at radius 3 is 2.57 bits per heavy atom. The van der Waals surface area contributed by atoms with Crippen molar-refractivity contribution < 1.29 is 9.84 Å². The van der Waals surface area contributed by atoms with Crippen molar-refractivity contribution in [3.8, 4) is 0 Å². The molecule has 21 heavy (non-hydrogen) atoms. The van der Waals surface area contributed by atoms with Crippen LogP contribution in [0.2, 0.25) is 0 Å². The highest BCUT2D eigenvalue weighted by atomic mass is 127. The minimum absolute atomic E-state index is 0. The van der Waals surface area contributed by atoms with Crippen molar-refractivity contribution in [2.75, 3.05) is 40.0 Å². The molecular formula is C15H26IN3O2. The SMILES string of the molecule is CCOCCNC(=NC)NCC(CO)c1ccccc1.I. The first-order valence-corrected chi connectivity index (χ1v) is 6.99. The van der Waals surface area contributed by atoms with Gasteiger partial charge in [0.1, 0.15) is 0 Å². The lowest BCUT2D eigenvalue weighted by Crippen LogP contribution is -2.41. The standard InChI is InChI=1S/C15H25N3O2.HI/c1-3-20-10-9-17-15(16-2)18-11-14(12-19)13-7-5-4-6-8-13;/h4-8,14,19H,3,9-12H2,1-2H3,(H2,16,17,18);1H. The van der Waals surface area contributed by atoms with E-state index in [1.165, 1.54) is 0 Å². The van der Waals surface area contributed by atoms with Gasteiger partial charge in [-0.25, -0.2) is 0 Å². The van der Waals surface area contributed by atoms with Gasteiger partial charge in [0.15, 0.2) is 5.96 Å². The summed E-state index contributed by atoms with van der Waals surface area (Å²) in [5, 5.41) is 15.9. The van der Waals surface area contributed by atoms with Gasteiger partial charge >= 0.3 is 0 Å². The summed E-state index contributed by atoms with van der Waals surface area (Å²) in [7, 11) is 1.73. The second kappa shape index (κ2) is 12.8. The maximum absolute atomic E-state index is 9.49.